The average molecular weight is 618 g/mol. The molecule has 16 heteroatoms. The lowest BCUT2D eigenvalue weighted by molar-refractivity contribution is -0.203. The van der Waals surface area contributed by atoms with Crippen LogP contribution in [0.25, 0.3) is 11.0 Å². The van der Waals surface area contributed by atoms with Crippen molar-refractivity contribution < 1.29 is 42.1 Å². The largest absolute Gasteiger partial charge is 0.414 e. The lowest BCUT2D eigenvalue weighted by Gasteiger charge is -2.27. The molecule has 1 aliphatic carbocycles. The lowest BCUT2D eigenvalue weighted by Crippen LogP contribution is -2.35. The van der Waals surface area contributed by atoms with E-state index in [0.717, 1.165) is 25.7 Å². The van der Waals surface area contributed by atoms with Gasteiger partial charge in [-0.05, 0) is 59.1 Å². The minimum atomic E-state index is -3.49. The Morgan fingerprint density at radius 2 is 1.88 bits per heavy atom. The number of nitrogens with zero attached hydrogens (tertiary/aromatic N) is 4. The molecular formula is C25H37ClN5O9P. The van der Waals surface area contributed by atoms with E-state index in [1.54, 1.807) is 34.6 Å². The van der Waals surface area contributed by atoms with Crippen LogP contribution < -0.4 is 10.1 Å². The third-order valence-electron chi connectivity index (χ3n) is 7.19. The van der Waals surface area contributed by atoms with Crippen LogP contribution in [0.1, 0.15) is 66.5 Å². The topological polar surface area (TPSA) is 154 Å². The Labute approximate surface area is 243 Å². The first-order valence-electron chi connectivity index (χ1n) is 13.9. The maximum absolute atomic E-state index is 13.1. The van der Waals surface area contributed by atoms with Crippen LogP contribution in [0.2, 0.25) is 5.28 Å². The van der Waals surface area contributed by atoms with Crippen LogP contribution in [0.5, 0.6) is 5.88 Å². The van der Waals surface area contributed by atoms with Crippen molar-refractivity contribution >= 4 is 36.3 Å². The second kappa shape index (κ2) is 12.4. The molecule has 5 atom stereocenters. The Balaban J connectivity index is 1.36. The van der Waals surface area contributed by atoms with Gasteiger partial charge in [-0.25, -0.2) is 9.48 Å². The summed E-state index contributed by atoms with van der Waals surface area (Å²) in [6, 6.07) is 0.0718. The normalized spacial score (nSPS) is 26.9. The van der Waals surface area contributed by atoms with Crippen LogP contribution in [0, 0.1) is 0 Å². The van der Waals surface area contributed by atoms with Crippen molar-refractivity contribution in [1.82, 2.24) is 25.1 Å². The molecule has 1 amide bonds. The van der Waals surface area contributed by atoms with E-state index in [9.17, 15) is 9.36 Å². The molecule has 4 heterocycles. The second-order valence-corrected chi connectivity index (χ2v) is 13.2. The van der Waals surface area contributed by atoms with Gasteiger partial charge in [-0.2, -0.15) is 15.1 Å². The third-order valence-corrected chi connectivity index (χ3v) is 9.63. The molecule has 14 nitrogen and oxygen atoms in total. The molecule has 0 spiro atoms. The molecule has 3 aliphatic rings. The number of amides is 1. The van der Waals surface area contributed by atoms with Crippen molar-refractivity contribution in [3.05, 3.63) is 11.5 Å². The molecule has 0 bridgehead atoms. The fourth-order valence-electron chi connectivity index (χ4n) is 5.42. The van der Waals surface area contributed by atoms with Gasteiger partial charge in [-0.3, -0.25) is 4.57 Å². The van der Waals surface area contributed by atoms with Gasteiger partial charge in [0.05, 0.1) is 26.0 Å². The highest BCUT2D eigenvalue weighted by atomic mass is 35.5. The zero-order valence-corrected chi connectivity index (χ0v) is 25.4. The average Bonchev–Trinajstić information content (AvgIpc) is 3.67. The van der Waals surface area contributed by atoms with Crippen molar-refractivity contribution in [2.24, 2.45) is 0 Å². The SMILES string of the molecule is CCOP(=O)(OCC)C(C)OC[C@H]1O[C@@H](n2ncc3c(OC(=O)NC4CCCC4)nc(Cl)nc32)[C@@H]2OC(C)(C)O[C@@H]21. The van der Waals surface area contributed by atoms with Crippen molar-refractivity contribution in [2.75, 3.05) is 19.8 Å². The van der Waals surface area contributed by atoms with Gasteiger partial charge >= 0.3 is 13.7 Å². The summed E-state index contributed by atoms with van der Waals surface area (Å²) in [5.74, 6) is -1.77. The minimum Gasteiger partial charge on any atom is -0.390 e. The highest BCUT2D eigenvalue weighted by Crippen LogP contribution is 2.53. The molecule has 2 aliphatic heterocycles. The van der Waals surface area contributed by atoms with Crippen molar-refractivity contribution in [3.8, 4) is 5.88 Å². The maximum atomic E-state index is 13.1. The first-order chi connectivity index (χ1) is 19.5. The molecule has 1 N–H and O–H groups in total. The molecule has 1 saturated carbocycles. The standard InChI is InChI=1S/C25H37ClN5O9P/c1-6-35-41(33,36-7-2)14(3)34-13-17-18-19(40-25(4,5)39-18)22(37-17)31-20-16(12-27-31)21(30-23(26)29-20)38-24(32)28-15-10-8-9-11-15/h12,14-15,17-19,22H,6-11,13H2,1-5H3,(H,28,32)/t14?,17-,18-,19-,22-/m1/s1. The first-order valence-corrected chi connectivity index (χ1v) is 15.9. The number of carbonyl (C=O) groups excluding carboxylic acids is 1. The molecule has 41 heavy (non-hydrogen) atoms. The van der Waals surface area contributed by atoms with E-state index in [4.69, 9.17) is 44.3 Å². The summed E-state index contributed by atoms with van der Waals surface area (Å²) in [6.07, 6.45) is 2.28. The number of carbonyl (C=O) groups is 1. The highest BCUT2D eigenvalue weighted by molar-refractivity contribution is 7.54. The van der Waals surface area contributed by atoms with Crippen LogP contribution in [-0.2, 0) is 32.6 Å². The fraction of sp³-hybridized carbons (Fsp3) is 0.760. The maximum Gasteiger partial charge on any atom is 0.414 e. The minimum absolute atomic E-state index is 0.0171. The van der Waals surface area contributed by atoms with E-state index in [1.807, 2.05) is 0 Å². The Morgan fingerprint density at radius 3 is 2.56 bits per heavy atom. The van der Waals surface area contributed by atoms with Crippen molar-refractivity contribution in [1.29, 1.82) is 0 Å². The van der Waals surface area contributed by atoms with Crippen LogP contribution in [-0.4, -0.2) is 81.6 Å². The molecule has 1 unspecified atom stereocenters. The molecule has 0 aromatic carbocycles. The van der Waals surface area contributed by atoms with E-state index >= 15 is 0 Å². The first kappa shape index (κ1) is 30.6. The van der Waals surface area contributed by atoms with Crippen LogP contribution >= 0.6 is 19.2 Å². The zero-order valence-electron chi connectivity index (χ0n) is 23.8. The molecule has 0 radical (unpaired) electrons. The van der Waals surface area contributed by atoms with Gasteiger partial charge < -0.3 is 38.0 Å². The van der Waals surface area contributed by atoms with E-state index < -0.39 is 49.9 Å². The number of hydrogen-bond donors (Lipinski definition) is 1. The summed E-state index contributed by atoms with van der Waals surface area (Å²) in [7, 11) is -3.49. The van der Waals surface area contributed by atoms with Crippen molar-refractivity contribution in [3.63, 3.8) is 0 Å². The van der Waals surface area contributed by atoms with Gasteiger partial charge in [-0.15, -0.1) is 0 Å². The molecule has 5 rings (SSSR count). The van der Waals surface area contributed by atoms with Gasteiger partial charge in [0.15, 0.2) is 23.5 Å². The van der Waals surface area contributed by atoms with Gasteiger partial charge in [-0.1, -0.05) is 12.8 Å². The van der Waals surface area contributed by atoms with Crippen molar-refractivity contribution in [2.45, 2.75) is 103 Å². The zero-order chi connectivity index (χ0) is 29.4. The number of halogens is 1. The monoisotopic (exact) mass is 617 g/mol. The summed E-state index contributed by atoms with van der Waals surface area (Å²) in [5.41, 5.74) is 0.290. The predicted molar refractivity (Wildman–Crippen MR) is 146 cm³/mol. The van der Waals surface area contributed by atoms with E-state index in [1.165, 1.54) is 10.9 Å². The van der Waals surface area contributed by atoms with Gasteiger partial charge in [0.25, 0.3) is 0 Å². The Bertz CT molecular complexity index is 1280. The number of hydrogen-bond acceptors (Lipinski definition) is 12. The summed E-state index contributed by atoms with van der Waals surface area (Å²) in [5, 5.41) is 7.58. The quantitative estimate of drug-likeness (QED) is 0.278. The molecular weight excluding hydrogens is 581 g/mol. The highest BCUT2D eigenvalue weighted by Gasteiger charge is 2.57. The number of nitrogens with one attached hydrogen (secondary N) is 1. The van der Waals surface area contributed by atoms with E-state index in [2.05, 4.69) is 20.4 Å². The Morgan fingerprint density at radius 1 is 1.20 bits per heavy atom. The number of aromatic nitrogens is 4. The molecule has 2 aromatic heterocycles. The number of rotatable bonds is 11. The fourth-order valence-corrected chi connectivity index (χ4v) is 7.05. The molecule has 228 valence electrons. The number of fused-ring (bicyclic) bond motifs is 2. The predicted octanol–water partition coefficient (Wildman–Crippen LogP) is 4.56. The van der Waals surface area contributed by atoms with E-state index in [-0.39, 0.29) is 42.7 Å². The smallest absolute Gasteiger partial charge is 0.390 e. The lowest BCUT2D eigenvalue weighted by atomic mass is 10.1. The summed E-state index contributed by atoms with van der Waals surface area (Å²) in [4.78, 5) is 21.0. The van der Waals surface area contributed by atoms with Crippen LogP contribution in [0.15, 0.2) is 6.20 Å². The van der Waals surface area contributed by atoms with Gasteiger partial charge in [0, 0.05) is 6.04 Å². The Kier molecular flexibility index (Phi) is 9.22. The molecule has 3 fully saturated rings. The Hall–Kier alpha value is -1.90. The number of ether oxygens (including phenoxy) is 5. The second-order valence-electron chi connectivity index (χ2n) is 10.6. The van der Waals surface area contributed by atoms with Gasteiger partial charge in [0.1, 0.15) is 23.7 Å². The van der Waals surface area contributed by atoms with E-state index in [0.29, 0.717) is 5.39 Å². The van der Waals surface area contributed by atoms with Crippen LogP contribution in [0.3, 0.4) is 0 Å². The van der Waals surface area contributed by atoms with Crippen LogP contribution in [0.4, 0.5) is 4.79 Å². The summed E-state index contributed by atoms with van der Waals surface area (Å²) >= 11 is 6.24. The molecule has 2 saturated heterocycles. The summed E-state index contributed by atoms with van der Waals surface area (Å²) < 4.78 is 55.6. The van der Waals surface area contributed by atoms with Gasteiger partial charge in [0.2, 0.25) is 11.2 Å². The third kappa shape index (κ3) is 6.54. The molecule has 2 aromatic rings. The summed E-state index contributed by atoms with van der Waals surface area (Å²) in [6.45, 7) is 9.17.